The van der Waals surface area contributed by atoms with Crippen LogP contribution in [0.3, 0.4) is 0 Å². The summed E-state index contributed by atoms with van der Waals surface area (Å²) in [5, 5.41) is 1.10. The Hall–Kier alpha value is -3.19. The molecule has 0 N–H and O–H groups in total. The molecule has 2 heterocycles. The lowest BCUT2D eigenvalue weighted by atomic mass is 10.1. The number of methoxy groups -OCH3 is 1. The fraction of sp³-hybridized carbons (Fsp3) is 0.136. The molecule has 0 fully saturated rings. The zero-order valence-corrected chi connectivity index (χ0v) is 16.7. The molecule has 1 atom stereocenters. The third-order valence-corrected chi connectivity index (χ3v) is 5.64. The number of ether oxygens (including phenoxy) is 1. The maximum Gasteiger partial charge on any atom is 0.318 e. The van der Waals surface area contributed by atoms with Gasteiger partial charge in [-0.2, -0.15) is 0 Å². The lowest BCUT2D eigenvalue weighted by Crippen LogP contribution is -2.14. The van der Waals surface area contributed by atoms with Crippen LogP contribution in [-0.4, -0.2) is 32.9 Å². The number of carbonyl (C=O) groups is 1. The molecule has 29 heavy (non-hydrogen) atoms. The maximum atomic E-state index is 13.4. The number of hydrogen-bond acceptors (Lipinski definition) is 5. The van der Waals surface area contributed by atoms with E-state index in [1.54, 1.807) is 19.1 Å². The highest BCUT2D eigenvalue weighted by molar-refractivity contribution is 8.00. The van der Waals surface area contributed by atoms with Crippen LogP contribution in [0, 0.1) is 5.82 Å². The van der Waals surface area contributed by atoms with Crippen LogP contribution in [0.15, 0.2) is 72.1 Å². The normalized spacial score (nSPS) is 12.1. The predicted molar refractivity (Wildman–Crippen MR) is 112 cm³/mol. The predicted octanol–water partition coefficient (Wildman–Crippen LogP) is 4.88. The average Bonchev–Trinajstić information content (AvgIpc) is 3.15. The largest absolute Gasteiger partial charge is 0.468 e. The van der Waals surface area contributed by atoms with E-state index < -0.39 is 5.25 Å². The van der Waals surface area contributed by atoms with Crippen molar-refractivity contribution in [3.8, 4) is 16.8 Å². The van der Waals surface area contributed by atoms with Crippen molar-refractivity contribution in [3.63, 3.8) is 0 Å². The Labute approximate surface area is 171 Å². The van der Waals surface area contributed by atoms with Gasteiger partial charge < -0.3 is 9.30 Å². The number of esters is 1. The lowest BCUT2D eigenvalue weighted by molar-refractivity contribution is -0.139. The molecule has 0 aliphatic rings. The minimum absolute atomic E-state index is 0.300. The van der Waals surface area contributed by atoms with Gasteiger partial charge >= 0.3 is 5.97 Å². The van der Waals surface area contributed by atoms with Gasteiger partial charge in [-0.1, -0.05) is 42.1 Å². The van der Waals surface area contributed by atoms with Crippen molar-refractivity contribution >= 4 is 28.8 Å². The zero-order valence-electron chi connectivity index (χ0n) is 15.9. The molecule has 0 saturated carbocycles. The summed E-state index contributed by atoms with van der Waals surface area (Å²) >= 11 is 1.33. The Kier molecular flexibility index (Phi) is 5.31. The number of carbonyl (C=O) groups excluding carboxylic acids is 1. The first-order chi connectivity index (χ1) is 14.1. The van der Waals surface area contributed by atoms with E-state index in [0.29, 0.717) is 10.7 Å². The Morgan fingerprint density at radius 3 is 2.52 bits per heavy atom. The molecule has 0 bridgehead atoms. The van der Waals surface area contributed by atoms with Crippen molar-refractivity contribution in [3.05, 3.63) is 72.9 Å². The summed E-state index contributed by atoms with van der Waals surface area (Å²) in [6, 6.07) is 16.1. The van der Waals surface area contributed by atoms with Crippen molar-refractivity contribution in [2.24, 2.45) is 0 Å². The molecule has 5 nitrogen and oxygen atoms in total. The van der Waals surface area contributed by atoms with Crippen LogP contribution < -0.4 is 0 Å². The van der Waals surface area contributed by atoms with Gasteiger partial charge in [-0.25, -0.2) is 14.4 Å². The number of aromatic nitrogens is 3. The zero-order chi connectivity index (χ0) is 20.4. The van der Waals surface area contributed by atoms with E-state index in [4.69, 9.17) is 4.74 Å². The summed E-state index contributed by atoms with van der Waals surface area (Å²) in [5.74, 6) is -0.618. The molecule has 7 heteroatoms. The third kappa shape index (κ3) is 3.73. The molecule has 0 aliphatic heterocycles. The topological polar surface area (TPSA) is 57.0 Å². The Balaban J connectivity index is 1.94. The quantitative estimate of drug-likeness (QED) is 0.268. The van der Waals surface area contributed by atoms with Gasteiger partial charge in [-0.15, -0.1) is 0 Å². The van der Waals surface area contributed by atoms with Crippen molar-refractivity contribution in [2.45, 2.75) is 17.2 Å². The Bertz CT molecular complexity index is 1160. The second-order valence-electron chi connectivity index (χ2n) is 6.42. The minimum Gasteiger partial charge on any atom is -0.468 e. The minimum atomic E-state index is -0.420. The molecular formula is C22H18FN3O2S. The second kappa shape index (κ2) is 8.05. The van der Waals surface area contributed by atoms with E-state index in [-0.39, 0.29) is 11.8 Å². The van der Waals surface area contributed by atoms with E-state index >= 15 is 0 Å². The van der Waals surface area contributed by atoms with Crippen LogP contribution in [0.4, 0.5) is 4.39 Å². The van der Waals surface area contributed by atoms with Gasteiger partial charge in [-0.3, -0.25) is 4.79 Å². The van der Waals surface area contributed by atoms with E-state index in [2.05, 4.69) is 9.97 Å². The summed E-state index contributed by atoms with van der Waals surface area (Å²) in [6.07, 6.45) is 3.44. The summed E-state index contributed by atoms with van der Waals surface area (Å²) in [4.78, 5) is 20.9. The molecule has 4 rings (SSSR count). The van der Waals surface area contributed by atoms with Gasteiger partial charge in [0.05, 0.1) is 12.5 Å². The molecule has 0 radical (unpaired) electrons. The number of fused-ring (bicyclic) bond motifs is 1. The van der Waals surface area contributed by atoms with Crippen molar-refractivity contribution in [2.75, 3.05) is 7.11 Å². The number of thioether (sulfide) groups is 1. The molecule has 0 saturated heterocycles. The number of hydrogen-bond donors (Lipinski definition) is 0. The third-order valence-electron chi connectivity index (χ3n) is 4.56. The molecule has 0 aliphatic carbocycles. The monoisotopic (exact) mass is 407 g/mol. The molecule has 0 amide bonds. The first-order valence-electron chi connectivity index (χ1n) is 9.00. The van der Waals surface area contributed by atoms with Gasteiger partial charge in [0, 0.05) is 17.4 Å². The van der Waals surface area contributed by atoms with Gasteiger partial charge in [0.2, 0.25) is 0 Å². The van der Waals surface area contributed by atoms with Gasteiger partial charge in [0.25, 0.3) is 0 Å². The highest BCUT2D eigenvalue weighted by Crippen LogP contribution is 2.38. The van der Waals surface area contributed by atoms with E-state index in [0.717, 1.165) is 22.2 Å². The number of benzene rings is 2. The molecule has 146 valence electrons. The Morgan fingerprint density at radius 2 is 1.83 bits per heavy atom. The van der Waals surface area contributed by atoms with Gasteiger partial charge in [0.1, 0.15) is 28.1 Å². The highest BCUT2D eigenvalue weighted by Gasteiger charge is 2.22. The van der Waals surface area contributed by atoms with E-state index in [1.165, 1.54) is 37.3 Å². The lowest BCUT2D eigenvalue weighted by Gasteiger charge is -2.10. The second-order valence-corrected chi connectivity index (χ2v) is 7.75. The molecule has 2 aromatic carbocycles. The van der Waals surface area contributed by atoms with Gasteiger partial charge in [0.15, 0.2) is 0 Å². The maximum absolute atomic E-state index is 13.4. The smallest absolute Gasteiger partial charge is 0.318 e. The molecule has 2 aromatic heterocycles. The van der Waals surface area contributed by atoms with Crippen LogP contribution in [0.2, 0.25) is 0 Å². The fourth-order valence-corrected chi connectivity index (χ4v) is 4.09. The number of halogens is 1. The molecule has 0 spiro atoms. The van der Waals surface area contributed by atoms with E-state index in [9.17, 15) is 9.18 Å². The fourth-order valence-electron chi connectivity index (χ4n) is 3.14. The first-order valence-corrected chi connectivity index (χ1v) is 9.88. The van der Waals surface area contributed by atoms with Crippen LogP contribution in [-0.2, 0) is 9.53 Å². The molecule has 1 unspecified atom stereocenters. The van der Waals surface area contributed by atoms with Crippen LogP contribution in [0.25, 0.3) is 27.8 Å². The number of nitrogens with zero attached hydrogens (tertiary/aromatic N) is 3. The van der Waals surface area contributed by atoms with Crippen molar-refractivity contribution < 1.29 is 13.9 Å². The summed E-state index contributed by atoms with van der Waals surface area (Å²) in [7, 11) is 1.37. The van der Waals surface area contributed by atoms with E-state index in [1.807, 2.05) is 41.1 Å². The molecular weight excluding hydrogens is 389 g/mol. The first kappa shape index (κ1) is 19.1. The summed E-state index contributed by atoms with van der Waals surface area (Å²) in [5.41, 5.74) is 3.41. The summed E-state index contributed by atoms with van der Waals surface area (Å²) < 4.78 is 20.2. The number of rotatable bonds is 5. The standard InChI is InChI=1S/C22H18FN3O2S/c1-14(22(27)28-2)29-21-19-18(15-6-4-3-5-7-15)12-26(20(19)24-13-25-21)17-10-8-16(23)9-11-17/h3-14H,1-2H3. The van der Waals surface area contributed by atoms with Gasteiger partial charge in [-0.05, 0) is 36.8 Å². The summed E-state index contributed by atoms with van der Waals surface area (Å²) in [6.45, 7) is 1.78. The highest BCUT2D eigenvalue weighted by atomic mass is 32.2. The van der Waals surface area contributed by atoms with Crippen LogP contribution in [0.5, 0.6) is 0 Å². The average molecular weight is 407 g/mol. The SMILES string of the molecule is COC(=O)C(C)Sc1ncnc2c1c(-c1ccccc1)cn2-c1ccc(F)cc1. The van der Waals surface area contributed by atoms with Crippen LogP contribution in [0.1, 0.15) is 6.92 Å². The molecule has 4 aromatic rings. The van der Waals surface area contributed by atoms with Crippen molar-refractivity contribution in [1.29, 1.82) is 0 Å². The van der Waals surface area contributed by atoms with Crippen LogP contribution >= 0.6 is 11.8 Å². The van der Waals surface area contributed by atoms with Crippen molar-refractivity contribution in [1.82, 2.24) is 14.5 Å². The Morgan fingerprint density at radius 1 is 1.10 bits per heavy atom.